The molecule has 12 heteroatoms. The second-order valence-electron chi connectivity index (χ2n) is 8.06. The van der Waals surface area contributed by atoms with Crippen LogP contribution >= 0.6 is 0 Å². The lowest BCUT2D eigenvalue weighted by Crippen LogP contribution is -2.19. The number of esters is 1. The molecule has 3 aromatic heterocycles. The Bertz CT molecular complexity index is 1360. The molecule has 0 radical (unpaired) electrons. The third-order valence-electron chi connectivity index (χ3n) is 5.34. The first-order chi connectivity index (χ1) is 16.6. The van der Waals surface area contributed by atoms with Gasteiger partial charge in [0.25, 0.3) is 5.95 Å². The highest BCUT2D eigenvalue weighted by Gasteiger charge is 2.32. The first-order valence-corrected chi connectivity index (χ1v) is 10.8. The van der Waals surface area contributed by atoms with E-state index in [2.05, 4.69) is 20.2 Å². The van der Waals surface area contributed by atoms with Crippen LogP contribution in [0, 0.1) is 5.92 Å². The van der Waals surface area contributed by atoms with E-state index >= 15 is 0 Å². The molecule has 0 spiro atoms. The van der Waals surface area contributed by atoms with Gasteiger partial charge in [-0.25, -0.2) is 19.1 Å². The van der Waals surface area contributed by atoms with E-state index in [0.717, 1.165) is 12.1 Å². The first-order valence-electron chi connectivity index (χ1n) is 10.8. The summed E-state index contributed by atoms with van der Waals surface area (Å²) in [4.78, 5) is 20.8. The fourth-order valence-electron chi connectivity index (χ4n) is 3.83. The molecule has 0 aliphatic heterocycles. The van der Waals surface area contributed by atoms with Crippen molar-refractivity contribution in [2.24, 2.45) is 5.92 Å². The average Bonchev–Trinajstić information content (AvgIpc) is 3.46. The molecule has 0 saturated heterocycles. The maximum atomic E-state index is 13.3. The number of alkyl halides is 3. The van der Waals surface area contributed by atoms with Crippen LogP contribution in [0.15, 0.2) is 42.9 Å². The molecule has 3 heterocycles. The zero-order valence-corrected chi connectivity index (χ0v) is 19.4. The van der Waals surface area contributed by atoms with Crippen molar-refractivity contribution in [2.45, 2.75) is 33.0 Å². The molecule has 0 amide bonds. The van der Waals surface area contributed by atoms with E-state index in [-0.39, 0.29) is 29.9 Å². The smallest absolute Gasteiger partial charge is 0.416 e. The van der Waals surface area contributed by atoms with Crippen LogP contribution in [-0.4, -0.2) is 49.2 Å². The number of nitrogens with zero attached hydrogens (tertiary/aromatic N) is 6. The lowest BCUT2D eigenvalue weighted by molar-refractivity contribution is -0.137. The van der Waals surface area contributed by atoms with Gasteiger partial charge in [-0.15, -0.1) is 0 Å². The summed E-state index contributed by atoms with van der Waals surface area (Å²) in [6.45, 7) is 5.70. The molecule has 0 bridgehead atoms. The first kappa shape index (κ1) is 24.2. The largest absolute Gasteiger partial charge is 0.479 e. The number of hydrogen-bond donors (Lipinski definition) is 0. The van der Waals surface area contributed by atoms with Crippen LogP contribution in [-0.2, 0) is 10.9 Å². The van der Waals surface area contributed by atoms with E-state index in [0.29, 0.717) is 16.6 Å². The number of halogens is 3. The molecule has 1 aromatic carbocycles. The lowest BCUT2D eigenvalue weighted by Gasteiger charge is -2.24. The summed E-state index contributed by atoms with van der Waals surface area (Å²) >= 11 is 0. The standard InChI is InChI=1S/C23H23F3N6O3/c1-5-35-21(33)15-10-27-31(12-15)22-29-17-11-28-32(19(17)20(30-22)34-4)18(13(2)3)14-7-6-8-16(9-14)23(24,25)26/h6-13,18H,5H2,1-4H3. The van der Waals surface area contributed by atoms with Crippen LogP contribution in [0.5, 0.6) is 5.88 Å². The number of rotatable bonds is 7. The summed E-state index contributed by atoms with van der Waals surface area (Å²) in [6, 6.07) is 4.63. The van der Waals surface area contributed by atoms with Crippen LogP contribution in [0.3, 0.4) is 0 Å². The summed E-state index contributed by atoms with van der Waals surface area (Å²) in [5.41, 5.74) is 0.758. The van der Waals surface area contributed by atoms with Crippen molar-refractivity contribution in [1.29, 1.82) is 0 Å². The Hall–Kier alpha value is -3.96. The molecule has 0 N–H and O–H groups in total. The van der Waals surface area contributed by atoms with Crippen molar-refractivity contribution in [2.75, 3.05) is 13.7 Å². The number of carbonyl (C=O) groups is 1. The third kappa shape index (κ3) is 4.68. The van der Waals surface area contributed by atoms with Gasteiger partial charge in [0.15, 0.2) is 0 Å². The van der Waals surface area contributed by atoms with E-state index in [1.54, 1.807) is 17.7 Å². The predicted octanol–water partition coefficient (Wildman–Crippen LogP) is 4.46. The topological polar surface area (TPSA) is 97.0 Å². The minimum atomic E-state index is -4.47. The molecule has 4 aromatic rings. The van der Waals surface area contributed by atoms with Gasteiger partial charge < -0.3 is 9.47 Å². The van der Waals surface area contributed by atoms with Crippen LogP contribution in [0.2, 0.25) is 0 Å². The van der Waals surface area contributed by atoms with Crippen molar-refractivity contribution in [3.05, 3.63) is 59.5 Å². The minimum Gasteiger partial charge on any atom is -0.479 e. The molecule has 0 fully saturated rings. The lowest BCUT2D eigenvalue weighted by atomic mass is 9.94. The number of fused-ring (bicyclic) bond motifs is 1. The summed E-state index contributed by atoms with van der Waals surface area (Å²) < 4.78 is 53.4. The van der Waals surface area contributed by atoms with Crippen molar-refractivity contribution < 1.29 is 27.4 Å². The molecule has 184 valence electrons. The summed E-state index contributed by atoms with van der Waals surface area (Å²) in [5, 5.41) is 8.56. The van der Waals surface area contributed by atoms with Gasteiger partial charge in [0.2, 0.25) is 5.88 Å². The van der Waals surface area contributed by atoms with E-state index in [1.165, 1.54) is 36.4 Å². The van der Waals surface area contributed by atoms with Gasteiger partial charge in [0.05, 0.1) is 43.3 Å². The van der Waals surface area contributed by atoms with Gasteiger partial charge in [-0.3, -0.25) is 0 Å². The van der Waals surface area contributed by atoms with Gasteiger partial charge in [-0.1, -0.05) is 26.0 Å². The minimum absolute atomic E-state index is 0.121. The van der Waals surface area contributed by atoms with Gasteiger partial charge in [-0.2, -0.15) is 28.4 Å². The predicted molar refractivity (Wildman–Crippen MR) is 119 cm³/mol. The Morgan fingerprint density at radius 2 is 1.91 bits per heavy atom. The monoisotopic (exact) mass is 488 g/mol. The Kier molecular flexibility index (Phi) is 6.46. The molecular weight excluding hydrogens is 465 g/mol. The highest BCUT2D eigenvalue weighted by atomic mass is 19.4. The summed E-state index contributed by atoms with van der Waals surface area (Å²) in [7, 11) is 1.42. The van der Waals surface area contributed by atoms with E-state index < -0.39 is 23.8 Å². The number of aromatic nitrogens is 6. The second kappa shape index (κ2) is 9.35. The molecule has 0 aliphatic carbocycles. The zero-order chi connectivity index (χ0) is 25.3. The van der Waals surface area contributed by atoms with Crippen molar-refractivity contribution >= 4 is 17.0 Å². The van der Waals surface area contributed by atoms with Crippen LogP contribution in [0.1, 0.15) is 48.3 Å². The fraction of sp³-hybridized carbons (Fsp3) is 0.348. The summed E-state index contributed by atoms with van der Waals surface area (Å²) in [6.07, 6.45) is -0.208. The molecule has 0 aliphatic rings. The van der Waals surface area contributed by atoms with Crippen molar-refractivity contribution in [1.82, 2.24) is 29.5 Å². The molecule has 1 atom stereocenters. The molecule has 1 unspecified atom stereocenters. The summed E-state index contributed by atoms with van der Waals surface area (Å²) in [5.74, 6) is -0.359. The second-order valence-corrected chi connectivity index (χ2v) is 8.06. The van der Waals surface area contributed by atoms with Gasteiger partial charge in [-0.05, 0) is 30.5 Å². The highest BCUT2D eigenvalue weighted by molar-refractivity contribution is 5.88. The van der Waals surface area contributed by atoms with E-state index in [9.17, 15) is 18.0 Å². The zero-order valence-electron chi connectivity index (χ0n) is 19.4. The quantitative estimate of drug-likeness (QED) is 0.354. The average molecular weight is 488 g/mol. The number of methoxy groups -OCH3 is 1. The van der Waals surface area contributed by atoms with Gasteiger partial charge >= 0.3 is 12.1 Å². The molecule has 4 rings (SSSR count). The molecular formula is C23H23F3N6O3. The molecule has 0 saturated carbocycles. The number of ether oxygens (including phenoxy) is 2. The maximum Gasteiger partial charge on any atom is 0.416 e. The van der Waals surface area contributed by atoms with Crippen molar-refractivity contribution in [3.8, 4) is 11.8 Å². The van der Waals surface area contributed by atoms with Crippen molar-refractivity contribution in [3.63, 3.8) is 0 Å². The van der Waals surface area contributed by atoms with Crippen LogP contribution in [0.4, 0.5) is 13.2 Å². The van der Waals surface area contributed by atoms with Gasteiger partial charge in [0, 0.05) is 6.20 Å². The van der Waals surface area contributed by atoms with E-state index in [4.69, 9.17) is 9.47 Å². The Morgan fingerprint density at radius 3 is 2.57 bits per heavy atom. The van der Waals surface area contributed by atoms with Crippen LogP contribution in [0.25, 0.3) is 17.0 Å². The maximum absolute atomic E-state index is 13.3. The Morgan fingerprint density at radius 1 is 1.14 bits per heavy atom. The van der Waals surface area contributed by atoms with Crippen LogP contribution < -0.4 is 4.74 Å². The highest BCUT2D eigenvalue weighted by Crippen LogP contribution is 2.36. The SMILES string of the molecule is CCOC(=O)c1cnn(-c2nc(OC)c3c(cnn3C(c3cccc(C(F)(F)F)c3)C(C)C)n2)c1. The molecule has 35 heavy (non-hydrogen) atoms. The normalized spacial score (nSPS) is 12.8. The molecule has 9 nitrogen and oxygen atoms in total. The number of hydrogen-bond acceptors (Lipinski definition) is 7. The van der Waals surface area contributed by atoms with Gasteiger partial charge in [0.1, 0.15) is 11.0 Å². The number of benzene rings is 1. The fourth-order valence-corrected chi connectivity index (χ4v) is 3.83. The Balaban J connectivity index is 1.81. The van der Waals surface area contributed by atoms with E-state index in [1.807, 2.05) is 13.8 Å². The Labute approximate surface area is 198 Å². The number of carbonyl (C=O) groups excluding carboxylic acids is 1. The third-order valence-corrected chi connectivity index (χ3v) is 5.34.